The molecule has 0 fully saturated rings. The molecule has 0 spiro atoms. The first-order valence-corrected chi connectivity index (χ1v) is 6.52. The molecule has 1 amide bonds. The van der Waals surface area contributed by atoms with Gasteiger partial charge in [0, 0.05) is 12.5 Å². The predicted octanol–water partition coefficient (Wildman–Crippen LogP) is 3.42. The lowest BCUT2D eigenvalue weighted by molar-refractivity contribution is -0.137. The summed E-state index contributed by atoms with van der Waals surface area (Å²) in [5, 5.41) is 2.48. The summed E-state index contributed by atoms with van der Waals surface area (Å²) in [6.45, 7) is 3.67. The first kappa shape index (κ1) is 16.3. The number of fused-ring (bicyclic) bond motifs is 1. The Hall–Kier alpha value is -2.12. The molecule has 0 aliphatic carbocycles. The van der Waals surface area contributed by atoms with Crippen molar-refractivity contribution in [1.29, 1.82) is 0 Å². The number of halogens is 4. The molecular formula is C14H15F4N3O. The normalized spacial score (nSPS) is 12.7. The predicted molar refractivity (Wildman–Crippen MR) is 72.8 cm³/mol. The van der Waals surface area contributed by atoms with Gasteiger partial charge in [0.25, 0.3) is 0 Å². The van der Waals surface area contributed by atoms with Gasteiger partial charge >= 0.3 is 6.18 Å². The van der Waals surface area contributed by atoms with Gasteiger partial charge in [0.15, 0.2) is 0 Å². The van der Waals surface area contributed by atoms with Crippen LogP contribution in [0, 0.1) is 0 Å². The van der Waals surface area contributed by atoms with Crippen molar-refractivity contribution in [2.24, 2.45) is 0 Å². The molecule has 1 heterocycles. The maximum absolute atomic E-state index is 14.3. The molecular weight excluding hydrogens is 302 g/mol. The molecule has 0 unspecified atom stereocenters. The highest BCUT2D eigenvalue weighted by molar-refractivity contribution is 5.81. The zero-order valence-electron chi connectivity index (χ0n) is 12.2. The van der Waals surface area contributed by atoms with Gasteiger partial charge in [-0.3, -0.25) is 4.79 Å². The number of amides is 1. The Kier molecular flexibility index (Phi) is 3.88. The summed E-state index contributed by atoms with van der Waals surface area (Å²) < 4.78 is 53.0. The molecule has 2 N–H and O–H groups in total. The van der Waals surface area contributed by atoms with Crippen LogP contribution in [0.3, 0.4) is 0 Å². The Morgan fingerprint density at radius 1 is 1.27 bits per heavy atom. The van der Waals surface area contributed by atoms with Crippen LogP contribution in [0.15, 0.2) is 12.1 Å². The van der Waals surface area contributed by atoms with E-state index >= 15 is 0 Å². The van der Waals surface area contributed by atoms with Gasteiger partial charge in [-0.15, -0.1) is 0 Å². The lowest BCUT2D eigenvalue weighted by Crippen LogP contribution is -2.19. The zero-order valence-corrected chi connectivity index (χ0v) is 12.2. The minimum Gasteiger partial charge on any atom is -0.349 e. The van der Waals surface area contributed by atoms with Crippen molar-refractivity contribution in [3.05, 3.63) is 29.1 Å². The van der Waals surface area contributed by atoms with E-state index < -0.39 is 17.4 Å². The van der Waals surface area contributed by atoms with E-state index in [2.05, 4.69) is 15.3 Å². The average molecular weight is 317 g/mol. The maximum atomic E-state index is 14.3. The number of benzene rings is 1. The largest absolute Gasteiger partial charge is 0.416 e. The molecule has 2 rings (SSSR count). The van der Waals surface area contributed by atoms with Gasteiger partial charge in [-0.05, 0) is 26.0 Å². The SMILES string of the molecule is CC(=O)NCc1nc2c(C(C)(C)F)cc(C(F)(F)F)cc2[nH]1. The zero-order chi connectivity index (χ0) is 16.7. The highest BCUT2D eigenvalue weighted by Crippen LogP contribution is 2.37. The number of imidazole rings is 1. The van der Waals surface area contributed by atoms with Crippen molar-refractivity contribution in [2.45, 2.75) is 39.2 Å². The molecule has 4 nitrogen and oxygen atoms in total. The molecule has 22 heavy (non-hydrogen) atoms. The monoisotopic (exact) mass is 317 g/mol. The number of nitrogens with one attached hydrogen (secondary N) is 2. The Morgan fingerprint density at radius 3 is 2.41 bits per heavy atom. The van der Waals surface area contributed by atoms with Crippen molar-refractivity contribution in [1.82, 2.24) is 15.3 Å². The minimum absolute atomic E-state index is 0.0253. The van der Waals surface area contributed by atoms with Gasteiger partial charge in [-0.25, -0.2) is 9.37 Å². The second kappa shape index (κ2) is 5.26. The van der Waals surface area contributed by atoms with Gasteiger partial charge in [0.2, 0.25) is 5.91 Å². The number of nitrogens with zero attached hydrogens (tertiary/aromatic N) is 1. The number of alkyl halides is 4. The Morgan fingerprint density at radius 2 is 1.91 bits per heavy atom. The van der Waals surface area contributed by atoms with E-state index in [1.165, 1.54) is 20.8 Å². The van der Waals surface area contributed by atoms with Gasteiger partial charge < -0.3 is 10.3 Å². The van der Waals surface area contributed by atoms with Crippen molar-refractivity contribution >= 4 is 16.9 Å². The van der Waals surface area contributed by atoms with E-state index in [0.717, 1.165) is 12.1 Å². The molecule has 0 aliphatic heterocycles. The summed E-state index contributed by atoms with van der Waals surface area (Å²) in [6, 6.07) is 1.65. The molecule has 0 saturated heterocycles. The fourth-order valence-corrected chi connectivity index (χ4v) is 2.08. The van der Waals surface area contributed by atoms with Crippen LogP contribution in [-0.4, -0.2) is 15.9 Å². The van der Waals surface area contributed by atoms with Gasteiger partial charge in [0.05, 0.1) is 23.1 Å². The molecule has 0 bridgehead atoms. The van der Waals surface area contributed by atoms with E-state index in [9.17, 15) is 22.4 Å². The lowest BCUT2D eigenvalue weighted by Gasteiger charge is -2.17. The molecule has 120 valence electrons. The minimum atomic E-state index is -4.59. The Labute approximate surface area is 123 Å². The fourth-order valence-electron chi connectivity index (χ4n) is 2.08. The Bertz CT molecular complexity index is 713. The second-order valence-electron chi connectivity index (χ2n) is 5.48. The number of H-pyrrole nitrogens is 1. The molecule has 1 aromatic heterocycles. The summed E-state index contributed by atoms with van der Waals surface area (Å²) in [7, 11) is 0. The number of aromatic amines is 1. The van der Waals surface area contributed by atoms with Crippen LogP contribution >= 0.6 is 0 Å². The standard InChI is InChI=1S/C14H15F4N3O/c1-7(22)19-6-11-20-10-5-8(14(16,17)18)4-9(12(10)21-11)13(2,3)15/h4-5H,6H2,1-3H3,(H,19,22)(H,20,21). The Balaban J connectivity index is 2.60. The summed E-state index contributed by atoms with van der Waals surface area (Å²) in [4.78, 5) is 17.7. The number of hydrogen-bond donors (Lipinski definition) is 2. The first-order valence-electron chi connectivity index (χ1n) is 6.52. The average Bonchev–Trinajstić information content (AvgIpc) is 2.75. The van der Waals surface area contributed by atoms with Gasteiger partial charge in [-0.1, -0.05) is 0 Å². The number of rotatable bonds is 3. The van der Waals surface area contributed by atoms with Crippen LogP contribution in [0.2, 0.25) is 0 Å². The summed E-state index contributed by atoms with van der Waals surface area (Å²) in [5.41, 5.74) is -2.88. The molecule has 0 radical (unpaired) electrons. The lowest BCUT2D eigenvalue weighted by atomic mass is 9.96. The summed E-state index contributed by atoms with van der Waals surface area (Å²) in [6.07, 6.45) is -4.59. The van der Waals surface area contributed by atoms with Crippen LogP contribution in [-0.2, 0) is 23.2 Å². The highest BCUT2D eigenvalue weighted by atomic mass is 19.4. The third-order valence-corrected chi connectivity index (χ3v) is 3.11. The quantitative estimate of drug-likeness (QED) is 0.852. The number of aromatic nitrogens is 2. The van der Waals surface area contributed by atoms with Crippen molar-refractivity contribution in [3.8, 4) is 0 Å². The fraction of sp³-hybridized carbons (Fsp3) is 0.429. The molecule has 1 aromatic carbocycles. The van der Waals surface area contributed by atoms with E-state index in [4.69, 9.17) is 0 Å². The van der Waals surface area contributed by atoms with Crippen molar-refractivity contribution < 1.29 is 22.4 Å². The van der Waals surface area contributed by atoms with Crippen LogP contribution in [0.1, 0.15) is 37.7 Å². The molecule has 0 aliphatic rings. The molecule has 2 aromatic rings. The van der Waals surface area contributed by atoms with Crippen LogP contribution in [0.5, 0.6) is 0 Å². The van der Waals surface area contributed by atoms with Gasteiger partial charge in [-0.2, -0.15) is 13.2 Å². The van der Waals surface area contributed by atoms with E-state index in [1.807, 2.05) is 0 Å². The number of hydrogen-bond acceptors (Lipinski definition) is 2. The van der Waals surface area contributed by atoms with Gasteiger partial charge in [0.1, 0.15) is 11.5 Å². The number of carbonyl (C=O) groups is 1. The number of carbonyl (C=O) groups excluding carboxylic acids is 1. The van der Waals surface area contributed by atoms with E-state index in [1.54, 1.807) is 0 Å². The van der Waals surface area contributed by atoms with E-state index in [0.29, 0.717) is 0 Å². The summed E-state index contributed by atoms with van der Waals surface area (Å²) in [5.74, 6) is -0.0440. The van der Waals surface area contributed by atoms with Crippen molar-refractivity contribution in [3.63, 3.8) is 0 Å². The molecule has 8 heteroatoms. The highest BCUT2D eigenvalue weighted by Gasteiger charge is 2.34. The second-order valence-corrected chi connectivity index (χ2v) is 5.48. The summed E-state index contributed by atoms with van der Waals surface area (Å²) >= 11 is 0. The smallest absolute Gasteiger partial charge is 0.349 e. The first-order chi connectivity index (χ1) is 9.98. The third-order valence-electron chi connectivity index (χ3n) is 3.11. The molecule has 0 saturated carbocycles. The van der Waals surface area contributed by atoms with Crippen LogP contribution in [0.25, 0.3) is 11.0 Å². The maximum Gasteiger partial charge on any atom is 0.416 e. The van der Waals surface area contributed by atoms with Crippen LogP contribution in [0.4, 0.5) is 17.6 Å². The van der Waals surface area contributed by atoms with Crippen LogP contribution < -0.4 is 5.32 Å². The molecule has 0 atom stereocenters. The van der Waals surface area contributed by atoms with E-state index in [-0.39, 0.29) is 34.9 Å². The third kappa shape index (κ3) is 3.37. The van der Waals surface area contributed by atoms with Crippen molar-refractivity contribution in [2.75, 3.05) is 0 Å². The topological polar surface area (TPSA) is 57.8 Å².